The van der Waals surface area contributed by atoms with E-state index in [0.29, 0.717) is 19.5 Å². The molecule has 19 heavy (non-hydrogen) atoms. The predicted octanol–water partition coefficient (Wildman–Crippen LogP) is 2.84. The number of hydrogen-bond acceptors (Lipinski definition) is 3. The molecule has 0 bridgehead atoms. The average Bonchev–Trinajstić information content (AvgIpc) is 2.82. The van der Waals surface area contributed by atoms with Crippen molar-refractivity contribution >= 4 is 41.1 Å². The second kappa shape index (κ2) is 6.56. The van der Waals surface area contributed by atoms with Crippen LogP contribution in [0, 0.1) is 17.6 Å². The van der Waals surface area contributed by atoms with E-state index in [1.54, 1.807) is 4.90 Å². The van der Waals surface area contributed by atoms with Crippen molar-refractivity contribution in [2.24, 2.45) is 5.92 Å². The van der Waals surface area contributed by atoms with Gasteiger partial charge in [0, 0.05) is 19.2 Å². The summed E-state index contributed by atoms with van der Waals surface area (Å²) < 4.78 is 31.9. The number of ether oxygens (including phenoxy) is 1. The second-order valence-corrected chi connectivity index (χ2v) is 5.03. The van der Waals surface area contributed by atoms with Gasteiger partial charge in [0.05, 0.1) is 23.2 Å². The van der Waals surface area contributed by atoms with Gasteiger partial charge in [0.2, 0.25) is 0 Å². The number of esters is 1. The fourth-order valence-electron chi connectivity index (χ4n) is 2.09. The van der Waals surface area contributed by atoms with Gasteiger partial charge >= 0.3 is 5.97 Å². The van der Waals surface area contributed by atoms with Crippen LogP contribution >= 0.6 is 29.4 Å². The molecule has 1 atom stereocenters. The van der Waals surface area contributed by atoms with Crippen molar-refractivity contribution in [1.29, 1.82) is 0 Å². The normalized spacial score (nSPS) is 18.1. The first kappa shape index (κ1) is 16.2. The molecule has 106 valence electrons. The topological polar surface area (TPSA) is 29.5 Å². The largest absolute Gasteiger partial charge is 0.469 e. The number of hydrogen-bond donors (Lipinski definition) is 0. The van der Waals surface area contributed by atoms with Gasteiger partial charge in [-0.05, 0) is 28.4 Å². The molecule has 1 heterocycles. The van der Waals surface area contributed by atoms with Crippen molar-refractivity contribution in [3.8, 4) is 0 Å². The predicted molar refractivity (Wildman–Crippen MR) is 76.8 cm³/mol. The summed E-state index contributed by atoms with van der Waals surface area (Å²) in [4.78, 5) is 13.0. The summed E-state index contributed by atoms with van der Waals surface area (Å²) in [5, 5.41) is 0. The van der Waals surface area contributed by atoms with E-state index in [-0.39, 0.29) is 35.5 Å². The lowest BCUT2D eigenvalue weighted by atomic mass is 10.1. The first-order valence-electron chi connectivity index (χ1n) is 5.50. The van der Waals surface area contributed by atoms with Crippen LogP contribution in [0.2, 0.25) is 0 Å². The van der Waals surface area contributed by atoms with Crippen LogP contribution in [0.25, 0.3) is 0 Å². The summed E-state index contributed by atoms with van der Waals surface area (Å²) in [6, 6.07) is 2.23. The van der Waals surface area contributed by atoms with E-state index < -0.39 is 11.6 Å². The molecule has 0 aromatic heterocycles. The highest BCUT2D eigenvalue weighted by atomic mass is 79.9. The van der Waals surface area contributed by atoms with Crippen molar-refractivity contribution < 1.29 is 18.3 Å². The zero-order valence-electron chi connectivity index (χ0n) is 10.3. The lowest BCUT2D eigenvalue weighted by Gasteiger charge is -2.19. The number of benzene rings is 1. The monoisotopic (exact) mass is 353 g/mol. The summed E-state index contributed by atoms with van der Waals surface area (Å²) in [5.74, 6) is -1.61. The minimum Gasteiger partial charge on any atom is -0.469 e. The molecule has 1 aromatic rings. The third-order valence-electron chi connectivity index (χ3n) is 3.05. The van der Waals surface area contributed by atoms with Gasteiger partial charge in [0.25, 0.3) is 0 Å². The Morgan fingerprint density at radius 2 is 2.11 bits per heavy atom. The molecular formula is C12H14BrF2NO2S. The van der Waals surface area contributed by atoms with E-state index in [2.05, 4.69) is 20.7 Å². The molecule has 3 nitrogen and oxygen atoms in total. The van der Waals surface area contributed by atoms with Gasteiger partial charge in [0.15, 0.2) is 0 Å². The quantitative estimate of drug-likeness (QED) is 0.604. The average molecular weight is 354 g/mol. The van der Waals surface area contributed by atoms with Crippen LogP contribution < -0.4 is 4.90 Å². The Morgan fingerprint density at radius 3 is 2.74 bits per heavy atom. The minimum absolute atomic E-state index is 0. The molecule has 0 saturated carbocycles. The van der Waals surface area contributed by atoms with E-state index in [1.165, 1.54) is 7.11 Å². The van der Waals surface area contributed by atoms with Crippen LogP contribution in [0.4, 0.5) is 14.5 Å². The number of rotatable bonds is 2. The maximum atomic E-state index is 13.7. The number of carbonyl (C=O) groups excluding carboxylic acids is 1. The van der Waals surface area contributed by atoms with E-state index in [9.17, 15) is 13.6 Å². The summed E-state index contributed by atoms with van der Waals surface area (Å²) >= 11 is 2.93. The van der Waals surface area contributed by atoms with Crippen molar-refractivity contribution in [3.63, 3.8) is 0 Å². The van der Waals surface area contributed by atoms with Crippen molar-refractivity contribution in [3.05, 3.63) is 28.2 Å². The Labute approximate surface area is 125 Å². The van der Waals surface area contributed by atoms with Crippen LogP contribution in [-0.2, 0) is 9.53 Å². The van der Waals surface area contributed by atoms with Gasteiger partial charge in [-0.25, -0.2) is 8.78 Å². The SMILES string of the molecule is COC(=O)[C@H]1CCN(c2cc(F)c(Br)cc2F)C1.S. The molecule has 7 heteroatoms. The van der Waals surface area contributed by atoms with Crippen molar-refractivity contribution in [2.75, 3.05) is 25.1 Å². The number of nitrogens with zero attached hydrogens (tertiary/aromatic N) is 1. The Hall–Kier alpha value is -0.820. The molecule has 2 rings (SSSR count). The molecule has 0 spiro atoms. The fraction of sp³-hybridized carbons (Fsp3) is 0.417. The van der Waals surface area contributed by atoms with Gasteiger partial charge in [-0.1, -0.05) is 0 Å². The van der Waals surface area contributed by atoms with Gasteiger partial charge in [0.1, 0.15) is 11.6 Å². The van der Waals surface area contributed by atoms with E-state index in [1.807, 2.05) is 0 Å². The van der Waals surface area contributed by atoms with Crippen LogP contribution in [0.15, 0.2) is 16.6 Å². The summed E-state index contributed by atoms with van der Waals surface area (Å²) in [5.41, 5.74) is 0.183. The maximum absolute atomic E-state index is 13.7. The van der Waals surface area contributed by atoms with Crippen LogP contribution in [0.5, 0.6) is 0 Å². The molecule has 0 unspecified atom stereocenters. The molecule has 1 saturated heterocycles. The lowest BCUT2D eigenvalue weighted by Crippen LogP contribution is -2.24. The Bertz CT molecular complexity index is 487. The lowest BCUT2D eigenvalue weighted by molar-refractivity contribution is -0.144. The highest BCUT2D eigenvalue weighted by molar-refractivity contribution is 9.10. The minimum atomic E-state index is -0.520. The van der Waals surface area contributed by atoms with Gasteiger partial charge in [-0.3, -0.25) is 4.79 Å². The molecule has 1 fully saturated rings. The molecule has 0 amide bonds. The molecule has 0 aliphatic carbocycles. The smallest absolute Gasteiger partial charge is 0.310 e. The van der Waals surface area contributed by atoms with Crippen LogP contribution in [0.3, 0.4) is 0 Å². The number of halogens is 3. The number of anilines is 1. The standard InChI is InChI=1S/C12H12BrF2NO2.H2S/c1-18-12(17)7-2-3-16(6-7)11-5-9(14)8(13)4-10(11)15;/h4-5,7H,2-3,6H2,1H3;1H2/t7-;/m0./s1. The fourth-order valence-corrected chi connectivity index (χ4v) is 2.41. The van der Waals surface area contributed by atoms with E-state index in [0.717, 1.165) is 12.1 Å². The summed E-state index contributed by atoms with van der Waals surface area (Å²) in [7, 11) is 1.32. The molecule has 0 radical (unpaired) electrons. The van der Waals surface area contributed by atoms with Crippen molar-refractivity contribution in [2.45, 2.75) is 6.42 Å². The number of methoxy groups -OCH3 is 1. The van der Waals surface area contributed by atoms with Gasteiger partial charge < -0.3 is 9.64 Å². The van der Waals surface area contributed by atoms with Crippen LogP contribution in [0.1, 0.15) is 6.42 Å². The third-order valence-corrected chi connectivity index (χ3v) is 3.66. The molecule has 1 aromatic carbocycles. The van der Waals surface area contributed by atoms with E-state index in [4.69, 9.17) is 0 Å². The second-order valence-electron chi connectivity index (χ2n) is 4.17. The molecule has 1 aliphatic heterocycles. The van der Waals surface area contributed by atoms with Crippen LogP contribution in [-0.4, -0.2) is 26.2 Å². The Kier molecular flexibility index (Phi) is 5.61. The third kappa shape index (κ3) is 3.39. The zero-order chi connectivity index (χ0) is 13.3. The maximum Gasteiger partial charge on any atom is 0.310 e. The zero-order valence-corrected chi connectivity index (χ0v) is 12.8. The van der Waals surface area contributed by atoms with E-state index >= 15 is 0 Å². The highest BCUT2D eigenvalue weighted by Crippen LogP contribution is 2.30. The number of carbonyl (C=O) groups is 1. The molecule has 0 N–H and O–H groups in total. The first-order valence-corrected chi connectivity index (χ1v) is 6.29. The Balaban J connectivity index is 0.00000180. The highest BCUT2D eigenvalue weighted by Gasteiger charge is 2.30. The van der Waals surface area contributed by atoms with Crippen molar-refractivity contribution in [1.82, 2.24) is 0 Å². The summed E-state index contributed by atoms with van der Waals surface area (Å²) in [6.07, 6.45) is 0.587. The van der Waals surface area contributed by atoms with Gasteiger partial charge in [-0.15, -0.1) is 0 Å². The molecule has 1 aliphatic rings. The summed E-state index contributed by atoms with van der Waals surface area (Å²) in [6.45, 7) is 0.864. The Morgan fingerprint density at radius 1 is 1.42 bits per heavy atom. The molecular weight excluding hydrogens is 340 g/mol. The first-order chi connectivity index (χ1) is 8.52. The van der Waals surface area contributed by atoms with Gasteiger partial charge in [-0.2, -0.15) is 13.5 Å².